The Morgan fingerprint density at radius 2 is 2.19 bits per heavy atom. The second-order valence-electron chi connectivity index (χ2n) is 4.93. The largest absolute Gasteiger partial charge is 0.354 e. The van der Waals surface area contributed by atoms with E-state index in [1.807, 2.05) is 6.07 Å². The van der Waals surface area contributed by atoms with Gasteiger partial charge in [0.15, 0.2) is 0 Å². The van der Waals surface area contributed by atoms with Crippen molar-refractivity contribution < 1.29 is 4.39 Å². The Kier molecular flexibility index (Phi) is 3.42. The first-order valence-electron chi connectivity index (χ1n) is 6.06. The predicted molar refractivity (Wildman–Crippen MR) is 64.0 cm³/mol. The highest BCUT2D eigenvalue weighted by molar-refractivity contribution is 5.41. The topological polar surface area (TPSA) is 16.1 Å². The zero-order chi connectivity index (χ0) is 11.5. The van der Waals surface area contributed by atoms with Crippen LogP contribution in [0.5, 0.6) is 0 Å². The Hall–Kier alpha value is -1.12. The van der Waals surface area contributed by atoms with E-state index in [2.05, 4.69) is 23.7 Å². The SMILES string of the molecule is CC(C)CCN(c1cccc(F)n1)C1CC1. The summed E-state index contributed by atoms with van der Waals surface area (Å²) >= 11 is 0. The van der Waals surface area contributed by atoms with E-state index in [1.165, 1.54) is 18.9 Å². The molecule has 0 spiro atoms. The number of aromatic nitrogens is 1. The van der Waals surface area contributed by atoms with Crippen LogP contribution < -0.4 is 4.90 Å². The van der Waals surface area contributed by atoms with E-state index in [-0.39, 0.29) is 5.95 Å². The minimum Gasteiger partial charge on any atom is -0.354 e. The van der Waals surface area contributed by atoms with Crippen molar-refractivity contribution in [1.82, 2.24) is 4.98 Å². The Morgan fingerprint density at radius 3 is 2.75 bits per heavy atom. The third-order valence-corrected chi connectivity index (χ3v) is 2.93. The molecule has 1 heterocycles. The van der Waals surface area contributed by atoms with Gasteiger partial charge >= 0.3 is 0 Å². The van der Waals surface area contributed by atoms with Gasteiger partial charge in [-0.1, -0.05) is 19.9 Å². The fourth-order valence-electron chi connectivity index (χ4n) is 1.83. The molecule has 2 rings (SSSR count). The normalized spacial score (nSPS) is 15.5. The lowest BCUT2D eigenvalue weighted by Crippen LogP contribution is -2.28. The van der Waals surface area contributed by atoms with E-state index in [9.17, 15) is 4.39 Å². The van der Waals surface area contributed by atoms with Gasteiger partial charge in [-0.2, -0.15) is 4.39 Å². The fraction of sp³-hybridized carbons (Fsp3) is 0.615. The summed E-state index contributed by atoms with van der Waals surface area (Å²) in [5.74, 6) is 1.09. The van der Waals surface area contributed by atoms with E-state index in [4.69, 9.17) is 0 Å². The third kappa shape index (κ3) is 2.94. The minimum atomic E-state index is -0.382. The highest BCUT2D eigenvalue weighted by Gasteiger charge is 2.29. The Bertz CT molecular complexity index is 348. The average molecular weight is 222 g/mol. The van der Waals surface area contributed by atoms with Crippen LogP contribution in [0.4, 0.5) is 10.2 Å². The van der Waals surface area contributed by atoms with E-state index >= 15 is 0 Å². The van der Waals surface area contributed by atoms with Gasteiger partial charge in [0.05, 0.1) is 0 Å². The maximum Gasteiger partial charge on any atom is 0.214 e. The number of hydrogen-bond acceptors (Lipinski definition) is 2. The summed E-state index contributed by atoms with van der Waals surface area (Å²) < 4.78 is 13.1. The first-order valence-corrected chi connectivity index (χ1v) is 6.06. The standard InChI is InChI=1S/C13H19FN2/c1-10(2)8-9-16(11-6-7-11)13-5-3-4-12(14)15-13/h3-5,10-11H,6-9H2,1-2H3. The number of rotatable bonds is 5. The molecule has 3 heteroatoms. The van der Waals surface area contributed by atoms with Crippen molar-refractivity contribution in [3.63, 3.8) is 0 Å². The van der Waals surface area contributed by atoms with Crippen LogP contribution in [0.3, 0.4) is 0 Å². The molecular weight excluding hydrogens is 203 g/mol. The van der Waals surface area contributed by atoms with Gasteiger partial charge in [-0.15, -0.1) is 0 Å². The van der Waals surface area contributed by atoms with E-state index in [0.29, 0.717) is 12.0 Å². The molecule has 0 unspecified atom stereocenters. The Morgan fingerprint density at radius 1 is 1.44 bits per heavy atom. The second-order valence-corrected chi connectivity index (χ2v) is 4.93. The predicted octanol–water partition coefficient (Wildman–Crippen LogP) is 3.24. The Labute approximate surface area is 96.5 Å². The maximum absolute atomic E-state index is 13.1. The van der Waals surface area contributed by atoms with Crippen LogP contribution in [0.25, 0.3) is 0 Å². The molecule has 0 aromatic carbocycles. The lowest BCUT2D eigenvalue weighted by Gasteiger charge is -2.24. The molecule has 0 aliphatic heterocycles. The zero-order valence-corrected chi connectivity index (χ0v) is 9.99. The molecule has 1 aliphatic rings. The molecule has 1 aromatic rings. The van der Waals surface area contributed by atoms with Gasteiger partial charge in [0, 0.05) is 12.6 Å². The zero-order valence-electron chi connectivity index (χ0n) is 9.99. The Balaban J connectivity index is 2.06. The molecule has 0 saturated heterocycles. The van der Waals surface area contributed by atoms with Gasteiger partial charge in [-0.05, 0) is 37.3 Å². The van der Waals surface area contributed by atoms with Crippen molar-refractivity contribution in [3.8, 4) is 0 Å². The minimum absolute atomic E-state index is 0.382. The van der Waals surface area contributed by atoms with Crippen molar-refractivity contribution >= 4 is 5.82 Å². The molecule has 1 fully saturated rings. The highest BCUT2D eigenvalue weighted by atomic mass is 19.1. The van der Waals surface area contributed by atoms with Crippen LogP contribution in [-0.2, 0) is 0 Å². The molecule has 0 bridgehead atoms. The number of hydrogen-bond donors (Lipinski definition) is 0. The van der Waals surface area contributed by atoms with E-state index < -0.39 is 0 Å². The molecule has 2 nitrogen and oxygen atoms in total. The van der Waals surface area contributed by atoms with Crippen molar-refractivity contribution in [2.24, 2.45) is 5.92 Å². The smallest absolute Gasteiger partial charge is 0.214 e. The molecule has 0 atom stereocenters. The molecule has 88 valence electrons. The fourth-order valence-corrected chi connectivity index (χ4v) is 1.83. The lowest BCUT2D eigenvalue weighted by atomic mass is 10.1. The first-order chi connectivity index (χ1) is 7.66. The van der Waals surface area contributed by atoms with Crippen LogP contribution in [0.15, 0.2) is 18.2 Å². The van der Waals surface area contributed by atoms with Crippen LogP contribution in [-0.4, -0.2) is 17.6 Å². The van der Waals surface area contributed by atoms with Crippen molar-refractivity contribution in [3.05, 3.63) is 24.1 Å². The second kappa shape index (κ2) is 4.81. The molecule has 0 amide bonds. The van der Waals surface area contributed by atoms with Gasteiger partial charge in [0.25, 0.3) is 0 Å². The van der Waals surface area contributed by atoms with Crippen molar-refractivity contribution in [1.29, 1.82) is 0 Å². The van der Waals surface area contributed by atoms with Gasteiger partial charge in [0.2, 0.25) is 5.95 Å². The monoisotopic (exact) mass is 222 g/mol. The third-order valence-electron chi connectivity index (χ3n) is 2.93. The highest BCUT2D eigenvalue weighted by Crippen LogP contribution is 2.31. The number of halogens is 1. The molecule has 1 aromatic heterocycles. The van der Waals surface area contributed by atoms with Crippen LogP contribution >= 0.6 is 0 Å². The quantitative estimate of drug-likeness (QED) is 0.711. The molecule has 1 saturated carbocycles. The van der Waals surface area contributed by atoms with E-state index in [1.54, 1.807) is 6.07 Å². The molecular formula is C13H19FN2. The summed E-state index contributed by atoms with van der Waals surface area (Å²) in [5.41, 5.74) is 0. The summed E-state index contributed by atoms with van der Waals surface area (Å²) in [4.78, 5) is 6.23. The number of anilines is 1. The average Bonchev–Trinajstić information content (AvgIpc) is 3.02. The van der Waals surface area contributed by atoms with Crippen LogP contribution in [0.1, 0.15) is 33.1 Å². The lowest BCUT2D eigenvalue weighted by molar-refractivity contribution is 0.556. The first kappa shape index (κ1) is 11.4. The number of pyridine rings is 1. The summed E-state index contributed by atoms with van der Waals surface area (Å²) in [5, 5.41) is 0. The maximum atomic E-state index is 13.1. The van der Waals surface area contributed by atoms with Gasteiger partial charge < -0.3 is 4.90 Å². The van der Waals surface area contributed by atoms with E-state index in [0.717, 1.165) is 18.8 Å². The van der Waals surface area contributed by atoms with Crippen LogP contribution in [0, 0.1) is 11.9 Å². The summed E-state index contributed by atoms with van der Waals surface area (Å²) in [7, 11) is 0. The van der Waals surface area contributed by atoms with Crippen LogP contribution in [0.2, 0.25) is 0 Å². The van der Waals surface area contributed by atoms with Gasteiger partial charge in [-0.3, -0.25) is 0 Å². The summed E-state index contributed by atoms with van der Waals surface area (Å²) in [6.45, 7) is 5.41. The van der Waals surface area contributed by atoms with Gasteiger partial charge in [0.1, 0.15) is 5.82 Å². The summed E-state index contributed by atoms with van der Waals surface area (Å²) in [6.07, 6.45) is 3.57. The summed E-state index contributed by atoms with van der Waals surface area (Å²) in [6, 6.07) is 5.63. The number of nitrogens with zero attached hydrogens (tertiary/aromatic N) is 2. The molecule has 1 aliphatic carbocycles. The van der Waals surface area contributed by atoms with Crippen molar-refractivity contribution in [2.75, 3.05) is 11.4 Å². The molecule has 0 N–H and O–H groups in total. The molecule has 0 radical (unpaired) electrons. The molecule has 16 heavy (non-hydrogen) atoms. The van der Waals surface area contributed by atoms with Gasteiger partial charge in [-0.25, -0.2) is 4.98 Å². The van der Waals surface area contributed by atoms with Crippen molar-refractivity contribution in [2.45, 2.75) is 39.2 Å².